The molecule has 0 bridgehead atoms. The van der Waals surface area contributed by atoms with Crippen LogP contribution < -0.4 is 21.3 Å². The molecule has 44 heavy (non-hydrogen) atoms. The second-order valence-electron chi connectivity index (χ2n) is 11.3. The first-order chi connectivity index (χ1) is 21.2. The molecule has 14 heteroatoms. The van der Waals surface area contributed by atoms with Gasteiger partial charge in [0.15, 0.2) is 0 Å². The molecule has 0 unspecified atom stereocenters. The van der Waals surface area contributed by atoms with Gasteiger partial charge in [-0.2, -0.15) is 9.61 Å². The maximum Gasteiger partial charge on any atom is 0.407 e. The molecule has 0 aliphatic carbocycles. The number of nitrogens with two attached hydrogens (primary N) is 1. The fraction of sp³-hybridized carbons (Fsp3) is 0.400. The molecule has 1 aromatic carbocycles. The number of amides is 1. The van der Waals surface area contributed by atoms with Crippen LogP contribution in [-0.2, 0) is 15.1 Å². The summed E-state index contributed by atoms with van der Waals surface area (Å²) in [5, 5.41) is 21.6. The molecule has 2 aliphatic rings. The van der Waals surface area contributed by atoms with Crippen LogP contribution in [0.15, 0.2) is 48.9 Å². The minimum atomic E-state index is -1.35. The van der Waals surface area contributed by atoms with E-state index in [0.717, 1.165) is 5.69 Å². The van der Waals surface area contributed by atoms with Crippen molar-refractivity contribution >= 4 is 28.9 Å². The molecule has 5 N–H and O–H groups in total. The zero-order valence-electron chi connectivity index (χ0n) is 24.3. The lowest BCUT2D eigenvalue weighted by Gasteiger charge is -2.42. The van der Waals surface area contributed by atoms with Crippen molar-refractivity contribution in [2.45, 2.75) is 37.5 Å². The Labute approximate surface area is 252 Å². The number of hydrogen-bond acceptors (Lipinski definition) is 10. The summed E-state index contributed by atoms with van der Waals surface area (Å²) in [6.07, 6.45) is 4.89. The Morgan fingerprint density at radius 1 is 1.16 bits per heavy atom. The van der Waals surface area contributed by atoms with Crippen LogP contribution >= 0.6 is 0 Å². The lowest BCUT2D eigenvalue weighted by molar-refractivity contribution is -0.0682. The SMILES string of the molecule is COC(=O)N[C@@H]1[C@H](N)CN(c2ccncc2Nc2ncc3ccc(-c4c(F)cc(C5(O)CCOCC5)cc4F)nn23)C[C@@H]1C. The highest BCUT2D eigenvalue weighted by molar-refractivity contribution is 5.74. The van der Waals surface area contributed by atoms with Gasteiger partial charge in [0.25, 0.3) is 0 Å². The number of aliphatic hydroxyl groups is 1. The summed E-state index contributed by atoms with van der Waals surface area (Å²) in [5.41, 5.74) is 7.07. The van der Waals surface area contributed by atoms with Crippen LogP contribution in [0, 0.1) is 17.6 Å². The van der Waals surface area contributed by atoms with E-state index in [9.17, 15) is 9.90 Å². The lowest BCUT2D eigenvalue weighted by Crippen LogP contribution is -2.62. The van der Waals surface area contributed by atoms with E-state index in [4.69, 9.17) is 15.2 Å². The number of benzene rings is 1. The third-order valence-electron chi connectivity index (χ3n) is 8.41. The molecular formula is C30H34F2N8O4. The van der Waals surface area contributed by atoms with Crippen molar-refractivity contribution in [1.29, 1.82) is 0 Å². The van der Waals surface area contributed by atoms with Gasteiger partial charge in [-0.05, 0) is 41.8 Å². The quantitative estimate of drug-likeness (QED) is 0.257. The average molecular weight is 609 g/mol. The molecule has 2 saturated heterocycles. The van der Waals surface area contributed by atoms with Crippen molar-refractivity contribution in [1.82, 2.24) is 24.9 Å². The number of fused-ring (bicyclic) bond motifs is 1. The predicted molar refractivity (Wildman–Crippen MR) is 158 cm³/mol. The number of halogens is 2. The Balaban J connectivity index is 1.28. The molecule has 12 nitrogen and oxygen atoms in total. The van der Waals surface area contributed by atoms with E-state index in [1.807, 2.05) is 13.0 Å². The standard InChI is InChI=1S/C30H34F2N8O4/c1-17-15-39(16-22(33)27(17)37-29(41)43-2)25-5-8-34-14-24(25)36-28-35-13-19-3-4-23(38-40(19)28)26-20(31)11-18(12-21(26)32)30(42)6-9-44-10-7-30/h3-5,8,11-14,17,22,27,42H,6-7,9-10,15-16,33H2,1-2H3,(H,35,36)(H,37,41)/t17-,22+,27-/m0/s1. The number of alkyl carbamates (subject to hydrolysis) is 1. The molecule has 1 amide bonds. The van der Waals surface area contributed by atoms with E-state index in [1.165, 1.54) is 29.8 Å². The van der Waals surface area contributed by atoms with Gasteiger partial charge in [-0.1, -0.05) is 6.92 Å². The number of carbonyl (C=O) groups is 1. The van der Waals surface area contributed by atoms with Crippen molar-refractivity contribution in [3.05, 3.63) is 66.1 Å². The molecule has 3 aromatic heterocycles. The van der Waals surface area contributed by atoms with Crippen LogP contribution in [0.25, 0.3) is 16.8 Å². The van der Waals surface area contributed by atoms with E-state index < -0.39 is 23.3 Å². The number of methoxy groups -OCH3 is 1. The predicted octanol–water partition coefficient (Wildman–Crippen LogP) is 3.32. The summed E-state index contributed by atoms with van der Waals surface area (Å²) in [5.74, 6) is -1.33. The van der Waals surface area contributed by atoms with Crippen LogP contribution in [-0.4, -0.2) is 76.3 Å². The highest BCUT2D eigenvalue weighted by atomic mass is 19.1. The molecular weight excluding hydrogens is 574 g/mol. The van der Waals surface area contributed by atoms with Crippen molar-refractivity contribution in [2.24, 2.45) is 11.7 Å². The summed E-state index contributed by atoms with van der Waals surface area (Å²) in [4.78, 5) is 22.6. The van der Waals surface area contributed by atoms with E-state index in [1.54, 1.807) is 24.7 Å². The van der Waals surface area contributed by atoms with E-state index >= 15 is 8.78 Å². The fourth-order valence-corrected chi connectivity index (χ4v) is 6.03. The molecule has 2 aliphatic heterocycles. The number of carbonyl (C=O) groups excluding carboxylic acids is 1. The number of hydrogen-bond donors (Lipinski definition) is 4. The number of rotatable bonds is 6. The van der Waals surface area contributed by atoms with Crippen LogP contribution in [0.5, 0.6) is 0 Å². The lowest BCUT2D eigenvalue weighted by atomic mass is 9.85. The fourth-order valence-electron chi connectivity index (χ4n) is 6.03. The summed E-state index contributed by atoms with van der Waals surface area (Å²) in [7, 11) is 1.31. The molecule has 5 heterocycles. The summed E-state index contributed by atoms with van der Waals surface area (Å²) in [6, 6.07) is 6.76. The Kier molecular flexibility index (Phi) is 8.05. The largest absolute Gasteiger partial charge is 0.453 e. The second kappa shape index (κ2) is 11.9. The van der Waals surface area contributed by atoms with E-state index in [0.29, 0.717) is 43.5 Å². The second-order valence-corrected chi connectivity index (χ2v) is 11.3. The Bertz CT molecular complexity index is 1640. The van der Waals surface area contributed by atoms with E-state index in [2.05, 4.69) is 30.6 Å². The van der Waals surface area contributed by atoms with Crippen LogP contribution in [0.2, 0.25) is 0 Å². The number of pyridine rings is 1. The van der Waals surface area contributed by atoms with Gasteiger partial charge in [-0.3, -0.25) is 4.98 Å². The normalized spacial score (nSPS) is 21.7. The van der Waals surface area contributed by atoms with Gasteiger partial charge in [0, 0.05) is 51.4 Å². The number of nitrogens with one attached hydrogen (secondary N) is 2. The molecule has 232 valence electrons. The van der Waals surface area contributed by atoms with Crippen molar-refractivity contribution in [3.8, 4) is 11.3 Å². The minimum Gasteiger partial charge on any atom is -0.453 e. The smallest absolute Gasteiger partial charge is 0.407 e. The van der Waals surface area contributed by atoms with Gasteiger partial charge in [0.05, 0.1) is 59.3 Å². The minimum absolute atomic E-state index is 0.0127. The summed E-state index contributed by atoms with van der Waals surface area (Å²) < 4.78 is 42.3. The Hall–Kier alpha value is -4.40. The van der Waals surface area contributed by atoms with Crippen LogP contribution in [0.4, 0.5) is 30.9 Å². The van der Waals surface area contributed by atoms with Crippen molar-refractivity contribution in [3.63, 3.8) is 0 Å². The van der Waals surface area contributed by atoms with Crippen molar-refractivity contribution < 1.29 is 28.2 Å². The van der Waals surface area contributed by atoms with Gasteiger partial charge in [0.2, 0.25) is 5.95 Å². The van der Waals surface area contributed by atoms with Gasteiger partial charge < -0.3 is 35.8 Å². The number of aromatic nitrogens is 4. The first-order valence-electron chi connectivity index (χ1n) is 14.4. The number of imidazole rings is 1. The topological polar surface area (TPSA) is 152 Å². The first kappa shape index (κ1) is 29.7. The zero-order chi connectivity index (χ0) is 31.0. The number of ether oxygens (including phenoxy) is 2. The van der Waals surface area contributed by atoms with E-state index in [-0.39, 0.29) is 47.7 Å². The maximum absolute atomic E-state index is 15.4. The summed E-state index contributed by atoms with van der Waals surface area (Å²) >= 11 is 0. The number of piperidine rings is 1. The van der Waals surface area contributed by atoms with Gasteiger partial charge in [-0.15, -0.1) is 0 Å². The van der Waals surface area contributed by atoms with Gasteiger partial charge >= 0.3 is 6.09 Å². The van der Waals surface area contributed by atoms with Gasteiger partial charge in [-0.25, -0.2) is 18.6 Å². The Morgan fingerprint density at radius 2 is 1.91 bits per heavy atom. The molecule has 0 spiro atoms. The molecule has 2 fully saturated rings. The summed E-state index contributed by atoms with van der Waals surface area (Å²) in [6.45, 7) is 3.68. The molecule has 6 rings (SSSR count). The number of anilines is 3. The zero-order valence-corrected chi connectivity index (χ0v) is 24.3. The molecule has 0 radical (unpaired) electrons. The average Bonchev–Trinajstić information content (AvgIpc) is 3.41. The van der Waals surface area contributed by atoms with Gasteiger partial charge in [0.1, 0.15) is 11.6 Å². The highest BCUT2D eigenvalue weighted by Crippen LogP contribution is 2.36. The molecule has 4 aromatic rings. The molecule has 0 saturated carbocycles. The monoisotopic (exact) mass is 608 g/mol. The third-order valence-corrected chi connectivity index (χ3v) is 8.41. The van der Waals surface area contributed by atoms with Crippen molar-refractivity contribution in [2.75, 3.05) is 43.6 Å². The molecule has 3 atom stereocenters. The Morgan fingerprint density at radius 3 is 2.61 bits per heavy atom. The third kappa shape index (κ3) is 5.63. The van der Waals surface area contributed by atoms with Crippen LogP contribution in [0.3, 0.4) is 0 Å². The highest BCUT2D eigenvalue weighted by Gasteiger charge is 2.35. The maximum atomic E-state index is 15.4. The first-order valence-corrected chi connectivity index (χ1v) is 14.4. The van der Waals surface area contributed by atoms with Crippen LogP contribution in [0.1, 0.15) is 25.3 Å². The number of nitrogens with zero attached hydrogens (tertiary/aromatic N) is 5.